The van der Waals surface area contributed by atoms with Gasteiger partial charge in [-0.1, -0.05) is 46.6 Å². The van der Waals surface area contributed by atoms with Gasteiger partial charge in [-0.05, 0) is 50.6 Å². The minimum Gasteiger partial charge on any atom is -0.489 e. The summed E-state index contributed by atoms with van der Waals surface area (Å²) in [7, 11) is 0. The Morgan fingerprint density at radius 2 is 1.79 bits per heavy atom. The zero-order valence-corrected chi connectivity index (χ0v) is 19.9. The van der Waals surface area contributed by atoms with Gasteiger partial charge in [-0.15, -0.1) is 0 Å². The molecule has 2 aromatic carbocycles. The lowest BCUT2D eigenvalue weighted by Crippen LogP contribution is -2.16. The summed E-state index contributed by atoms with van der Waals surface area (Å²) in [6, 6.07) is 14.8. The molecule has 0 fully saturated rings. The Hall–Kier alpha value is -3.29. The zero-order chi connectivity index (χ0) is 23.5. The molecule has 33 heavy (non-hydrogen) atoms. The van der Waals surface area contributed by atoms with Crippen molar-refractivity contribution in [3.63, 3.8) is 0 Å². The molecule has 170 valence electrons. The summed E-state index contributed by atoms with van der Waals surface area (Å²) in [6.07, 6.45) is 0. The number of halogens is 2. The van der Waals surface area contributed by atoms with E-state index in [1.54, 1.807) is 35.9 Å². The molecule has 0 saturated heterocycles. The SMILES string of the molecule is Cc1cccc(OCc2c(C(=O)Nc3cc(C)n(Cc4c(Cl)cccc4Cl)n3)noc2C)c1. The Balaban J connectivity index is 1.48. The van der Waals surface area contributed by atoms with E-state index in [1.165, 1.54) is 0 Å². The lowest BCUT2D eigenvalue weighted by atomic mass is 10.2. The van der Waals surface area contributed by atoms with Gasteiger partial charge in [0.1, 0.15) is 18.1 Å². The number of rotatable bonds is 7. The van der Waals surface area contributed by atoms with Crippen LogP contribution in [-0.2, 0) is 13.2 Å². The molecule has 4 rings (SSSR count). The molecule has 0 aliphatic rings. The molecule has 0 radical (unpaired) electrons. The first-order valence-corrected chi connectivity index (χ1v) is 11.0. The average molecular weight is 485 g/mol. The number of nitrogens with zero attached hydrogens (tertiary/aromatic N) is 3. The van der Waals surface area contributed by atoms with Crippen LogP contribution in [0.3, 0.4) is 0 Å². The Kier molecular flexibility index (Phi) is 6.72. The number of carbonyl (C=O) groups is 1. The van der Waals surface area contributed by atoms with Gasteiger partial charge in [0, 0.05) is 27.4 Å². The summed E-state index contributed by atoms with van der Waals surface area (Å²) < 4.78 is 12.8. The van der Waals surface area contributed by atoms with Crippen molar-refractivity contribution < 1.29 is 14.1 Å². The molecule has 4 aromatic rings. The molecule has 7 nitrogen and oxygen atoms in total. The first-order chi connectivity index (χ1) is 15.8. The topological polar surface area (TPSA) is 82.2 Å². The fourth-order valence-electron chi connectivity index (χ4n) is 3.34. The number of aromatic nitrogens is 3. The largest absolute Gasteiger partial charge is 0.489 e. The molecule has 0 aliphatic heterocycles. The number of ether oxygens (including phenoxy) is 1. The molecule has 2 aromatic heterocycles. The highest BCUT2D eigenvalue weighted by Crippen LogP contribution is 2.26. The van der Waals surface area contributed by atoms with Gasteiger partial charge in [0.2, 0.25) is 0 Å². The third-order valence-electron chi connectivity index (χ3n) is 5.16. The maximum atomic E-state index is 12.9. The predicted molar refractivity (Wildman–Crippen MR) is 127 cm³/mol. The van der Waals surface area contributed by atoms with Crippen molar-refractivity contribution in [3.05, 3.63) is 92.4 Å². The van der Waals surface area contributed by atoms with E-state index in [1.807, 2.05) is 38.1 Å². The lowest BCUT2D eigenvalue weighted by Gasteiger charge is -2.08. The van der Waals surface area contributed by atoms with Crippen molar-refractivity contribution in [1.82, 2.24) is 14.9 Å². The Labute approximate surface area is 201 Å². The number of hydrogen-bond donors (Lipinski definition) is 1. The van der Waals surface area contributed by atoms with E-state index < -0.39 is 5.91 Å². The predicted octanol–water partition coefficient (Wildman–Crippen LogP) is 5.98. The van der Waals surface area contributed by atoms with E-state index >= 15 is 0 Å². The van der Waals surface area contributed by atoms with Gasteiger partial charge in [0.05, 0.1) is 12.1 Å². The van der Waals surface area contributed by atoms with E-state index in [9.17, 15) is 4.79 Å². The van der Waals surface area contributed by atoms with Crippen LogP contribution in [0.15, 0.2) is 53.1 Å². The van der Waals surface area contributed by atoms with E-state index in [0.717, 1.165) is 16.8 Å². The number of nitrogens with one attached hydrogen (secondary N) is 1. The monoisotopic (exact) mass is 484 g/mol. The fraction of sp³-hybridized carbons (Fsp3) is 0.208. The van der Waals surface area contributed by atoms with Crippen molar-refractivity contribution in [3.8, 4) is 5.75 Å². The summed E-state index contributed by atoms with van der Waals surface area (Å²) in [5.74, 6) is 1.17. The molecule has 9 heteroatoms. The number of anilines is 1. The van der Waals surface area contributed by atoms with Crippen molar-refractivity contribution in [1.29, 1.82) is 0 Å². The van der Waals surface area contributed by atoms with Crippen molar-refractivity contribution >= 4 is 34.9 Å². The summed E-state index contributed by atoms with van der Waals surface area (Å²) in [5.41, 5.74) is 3.40. The minimum absolute atomic E-state index is 0.153. The third-order valence-corrected chi connectivity index (χ3v) is 5.87. The number of amides is 1. The number of hydrogen-bond acceptors (Lipinski definition) is 5. The van der Waals surface area contributed by atoms with Gasteiger partial charge in [-0.25, -0.2) is 0 Å². The molecule has 1 N–H and O–H groups in total. The van der Waals surface area contributed by atoms with Gasteiger partial charge < -0.3 is 14.6 Å². The number of carbonyl (C=O) groups excluding carboxylic acids is 1. The van der Waals surface area contributed by atoms with E-state index in [-0.39, 0.29) is 12.3 Å². The second-order valence-electron chi connectivity index (χ2n) is 7.65. The highest BCUT2D eigenvalue weighted by atomic mass is 35.5. The molecular formula is C24H22Cl2N4O3. The first kappa shape index (κ1) is 22.9. The minimum atomic E-state index is -0.435. The van der Waals surface area contributed by atoms with Crippen LogP contribution in [0.25, 0.3) is 0 Å². The van der Waals surface area contributed by atoms with Gasteiger partial charge in [0.15, 0.2) is 11.5 Å². The molecule has 0 atom stereocenters. The number of aryl methyl sites for hydroxylation is 3. The van der Waals surface area contributed by atoms with Crippen LogP contribution in [-0.4, -0.2) is 20.8 Å². The molecule has 0 unspecified atom stereocenters. The summed E-state index contributed by atoms with van der Waals surface area (Å²) in [4.78, 5) is 12.9. The maximum Gasteiger partial charge on any atom is 0.279 e. The van der Waals surface area contributed by atoms with E-state index in [2.05, 4.69) is 15.6 Å². The molecule has 0 spiro atoms. The van der Waals surface area contributed by atoms with E-state index in [0.29, 0.717) is 39.5 Å². The van der Waals surface area contributed by atoms with Crippen LogP contribution < -0.4 is 10.1 Å². The quantitative estimate of drug-likeness (QED) is 0.348. The Bertz CT molecular complexity index is 1290. The maximum absolute atomic E-state index is 12.9. The van der Waals surface area contributed by atoms with Crippen LogP contribution in [0.5, 0.6) is 5.75 Å². The van der Waals surface area contributed by atoms with Crippen LogP contribution in [0.1, 0.15) is 38.6 Å². The highest BCUT2D eigenvalue weighted by molar-refractivity contribution is 6.35. The molecule has 2 heterocycles. The third kappa shape index (κ3) is 5.21. The van der Waals surface area contributed by atoms with Gasteiger partial charge in [-0.3, -0.25) is 9.48 Å². The van der Waals surface area contributed by atoms with Gasteiger partial charge >= 0.3 is 0 Å². The highest BCUT2D eigenvalue weighted by Gasteiger charge is 2.22. The molecule has 0 saturated carbocycles. The Morgan fingerprint density at radius 3 is 2.52 bits per heavy atom. The second kappa shape index (κ2) is 9.68. The van der Waals surface area contributed by atoms with Crippen LogP contribution >= 0.6 is 23.2 Å². The second-order valence-corrected chi connectivity index (χ2v) is 8.47. The van der Waals surface area contributed by atoms with Crippen LogP contribution in [0.2, 0.25) is 10.0 Å². The van der Waals surface area contributed by atoms with Crippen molar-refractivity contribution in [2.45, 2.75) is 33.9 Å². The summed E-state index contributed by atoms with van der Waals surface area (Å²) in [5, 5.41) is 12.3. The average Bonchev–Trinajstić information content (AvgIpc) is 3.31. The lowest BCUT2D eigenvalue weighted by molar-refractivity contribution is 0.101. The van der Waals surface area contributed by atoms with Crippen LogP contribution in [0, 0.1) is 20.8 Å². The van der Waals surface area contributed by atoms with Crippen molar-refractivity contribution in [2.24, 2.45) is 0 Å². The Morgan fingerprint density at radius 1 is 1.06 bits per heavy atom. The zero-order valence-electron chi connectivity index (χ0n) is 18.4. The molecule has 0 bridgehead atoms. The summed E-state index contributed by atoms with van der Waals surface area (Å²) >= 11 is 12.6. The first-order valence-electron chi connectivity index (χ1n) is 10.2. The standard InChI is InChI=1S/C24H22Cl2N4O3/c1-14-6-4-7-17(10-14)32-13-19-16(3)33-29-23(19)24(31)27-22-11-15(2)30(28-22)12-18-20(25)8-5-9-21(18)26/h4-11H,12-13H2,1-3H3,(H,27,28,31). The van der Waals surface area contributed by atoms with E-state index in [4.69, 9.17) is 32.5 Å². The normalized spacial score (nSPS) is 10.9. The molecule has 0 aliphatic carbocycles. The fourth-order valence-corrected chi connectivity index (χ4v) is 3.86. The molecular weight excluding hydrogens is 463 g/mol. The summed E-state index contributed by atoms with van der Waals surface area (Å²) in [6.45, 7) is 6.13. The molecule has 1 amide bonds. The smallest absolute Gasteiger partial charge is 0.279 e. The van der Waals surface area contributed by atoms with Gasteiger partial charge in [0.25, 0.3) is 5.91 Å². The van der Waals surface area contributed by atoms with Crippen LogP contribution in [0.4, 0.5) is 5.82 Å². The van der Waals surface area contributed by atoms with Gasteiger partial charge in [-0.2, -0.15) is 5.10 Å². The van der Waals surface area contributed by atoms with Crippen molar-refractivity contribution in [2.75, 3.05) is 5.32 Å². The number of benzene rings is 2.